The first-order valence-corrected chi connectivity index (χ1v) is 8.34. The fraction of sp³-hybridized carbons (Fsp3) is 0. The van der Waals surface area contributed by atoms with Crippen molar-refractivity contribution in [3.05, 3.63) is 106 Å². The van der Waals surface area contributed by atoms with Crippen LogP contribution in [0.4, 0.5) is 8.78 Å². The van der Waals surface area contributed by atoms with Crippen LogP contribution in [0.2, 0.25) is 0 Å². The molecule has 0 atom stereocenters. The fourth-order valence-electron chi connectivity index (χ4n) is 2.90. The molecule has 0 saturated heterocycles. The third kappa shape index (κ3) is 3.27. The first-order chi connectivity index (χ1) is 13.1. The zero-order valence-electron chi connectivity index (χ0n) is 14.1. The fourth-order valence-corrected chi connectivity index (χ4v) is 2.90. The van der Waals surface area contributed by atoms with Crippen molar-refractivity contribution in [3.63, 3.8) is 0 Å². The number of hydrogen-bond acceptors (Lipinski definition) is 2. The number of aromatic nitrogens is 2. The molecule has 27 heavy (non-hydrogen) atoms. The number of fused-ring (bicyclic) bond motifs is 1. The maximum absolute atomic E-state index is 13.9. The van der Waals surface area contributed by atoms with Crippen molar-refractivity contribution in [1.82, 2.24) is 9.55 Å². The maximum Gasteiger partial charge on any atom is 0.266 e. The van der Waals surface area contributed by atoms with E-state index in [1.165, 1.54) is 28.8 Å². The van der Waals surface area contributed by atoms with Gasteiger partial charge < -0.3 is 0 Å². The third-order valence-corrected chi connectivity index (χ3v) is 4.19. The Morgan fingerprint density at radius 3 is 2.44 bits per heavy atom. The van der Waals surface area contributed by atoms with Crippen LogP contribution in [0.15, 0.2) is 77.6 Å². The summed E-state index contributed by atoms with van der Waals surface area (Å²) < 4.78 is 29.0. The van der Waals surface area contributed by atoms with Crippen LogP contribution in [0.3, 0.4) is 0 Å². The van der Waals surface area contributed by atoms with Crippen molar-refractivity contribution in [3.8, 4) is 5.69 Å². The molecule has 0 aliphatic rings. The Morgan fingerprint density at radius 1 is 0.852 bits per heavy atom. The average molecular weight is 360 g/mol. The van der Waals surface area contributed by atoms with E-state index >= 15 is 0 Å². The van der Waals surface area contributed by atoms with Crippen LogP contribution in [-0.2, 0) is 0 Å². The van der Waals surface area contributed by atoms with Crippen LogP contribution in [0.5, 0.6) is 0 Å². The molecule has 3 aromatic carbocycles. The monoisotopic (exact) mass is 360 g/mol. The molecule has 0 bridgehead atoms. The first-order valence-electron chi connectivity index (χ1n) is 8.34. The maximum atomic E-state index is 13.9. The molecule has 0 aliphatic carbocycles. The molecular weight excluding hydrogens is 346 g/mol. The van der Waals surface area contributed by atoms with Gasteiger partial charge in [0, 0.05) is 5.56 Å². The highest BCUT2D eigenvalue weighted by Crippen LogP contribution is 2.17. The van der Waals surface area contributed by atoms with Crippen molar-refractivity contribution >= 4 is 23.1 Å². The molecule has 0 fully saturated rings. The van der Waals surface area contributed by atoms with Gasteiger partial charge in [0.1, 0.15) is 17.5 Å². The summed E-state index contributed by atoms with van der Waals surface area (Å²) in [6.45, 7) is 0. The summed E-state index contributed by atoms with van der Waals surface area (Å²) in [6.07, 6.45) is 3.10. The molecule has 4 rings (SSSR count). The second-order valence-electron chi connectivity index (χ2n) is 5.96. The van der Waals surface area contributed by atoms with Crippen LogP contribution in [0.1, 0.15) is 11.4 Å². The van der Waals surface area contributed by atoms with Crippen LogP contribution in [0, 0.1) is 11.6 Å². The number of hydrogen-bond donors (Lipinski definition) is 0. The molecule has 4 aromatic rings. The van der Waals surface area contributed by atoms with E-state index < -0.39 is 5.82 Å². The Bertz CT molecular complexity index is 1230. The van der Waals surface area contributed by atoms with Crippen LogP contribution in [0.25, 0.3) is 28.7 Å². The van der Waals surface area contributed by atoms with Gasteiger partial charge in [-0.15, -0.1) is 0 Å². The second-order valence-corrected chi connectivity index (χ2v) is 5.96. The summed E-state index contributed by atoms with van der Waals surface area (Å²) in [7, 11) is 0. The van der Waals surface area contributed by atoms with Gasteiger partial charge in [-0.1, -0.05) is 36.4 Å². The summed E-state index contributed by atoms with van der Waals surface area (Å²) in [5.41, 5.74) is 0.917. The molecule has 1 aromatic heterocycles. The molecule has 0 unspecified atom stereocenters. The number of benzene rings is 3. The van der Waals surface area contributed by atoms with Crippen LogP contribution < -0.4 is 5.56 Å². The van der Waals surface area contributed by atoms with E-state index in [0.717, 1.165) is 0 Å². The largest absolute Gasteiger partial charge is 0.268 e. The minimum Gasteiger partial charge on any atom is -0.268 e. The zero-order valence-corrected chi connectivity index (χ0v) is 14.1. The smallest absolute Gasteiger partial charge is 0.266 e. The van der Waals surface area contributed by atoms with Gasteiger partial charge in [0.05, 0.1) is 16.6 Å². The summed E-state index contributed by atoms with van der Waals surface area (Å²) in [6, 6.07) is 18.9. The number of para-hydroxylation sites is 1. The van der Waals surface area contributed by atoms with E-state index in [1.54, 1.807) is 60.7 Å². The predicted molar refractivity (Wildman–Crippen MR) is 103 cm³/mol. The molecule has 1 heterocycles. The van der Waals surface area contributed by atoms with Gasteiger partial charge in [0.25, 0.3) is 5.56 Å². The molecule has 0 spiro atoms. The minimum absolute atomic E-state index is 0.285. The molecule has 0 radical (unpaired) electrons. The topological polar surface area (TPSA) is 34.9 Å². The van der Waals surface area contributed by atoms with Crippen LogP contribution in [-0.4, -0.2) is 9.55 Å². The molecule has 5 heteroatoms. The van der Waals surface area contributed by atoms with Gasteiger partial charge in [0.2, 0.25) is 0 Å². The molecule has 0 aliphatic heterocycles. The summed E-state index contributed by atoms with van der Waals surface area (Å²) in [5.74, 6) is -0.557. The number of halogens is 2. The van der Waals surface area contributed by atoms with Gasteiger partial charge >= 0.3 is 0 Å². The van der Waals surface area contributed by atoms with Crippen molar-refractivity contribution in [1.29, 1.82) is 0 Å². The Morgan fingerprint density at radius 2 is 1.63 bits per heavy atom. The average Bonchev–Trinajstić information content (AvgIpc) is 2.67. The normalized spacial score (nSPS) is 11.3. The lowest BCUT2D eigenvalue weighted by molar-refractivity contribution is 0.625. The Labute approximate surface area is 153 Å². The lowest BCUT2D eigenvalue weighted by Crippen LogP contribution is -2.22. The standard InChI is InChI=1S/C22H14F2N2O/c23-16-7-5-8-17(14-16)26-21(13-12-15-6-1-3-10-19(15)24)25-20-11-4-2-9-18(20)22(26)27/h1-14H. The van der Waals surface area contributed by atoms with E-state index in [2.05, 4.69) is 4.98 Å². The highest BCUT2D eigenvalue weighted by Gasteiger charge is 2.11. The predicted octanol–water partition coefficient (Wildman–Crippen LogP) is 4.83. The van der Waals surface area contributed by atoms with Gasteiger partial charge in [-0.2, -0.15) is 0 Å². The Kier molecular flexibility index (Phi) is 4.34. The molecule has 132 valence electrons. The van der Waals surface area contributed by atoms with Crippen molar-refractivity contribution in [2.75, 3.05) is 0 Å². The van der Waals surface area contributed by atoms with E-state index in [9.17, 15) is 13.6 Å². The lowest BCUT2D eigenvalue weighted by Gasteiger charge is -2.11. The van der Waals surface area contributed by atoms with Crippen molar-refractivity contribution in [2.45, 2.75) is 0 Å². The zero-order chi connectivity index (χ0) is 18.8. The highest BCUT2D eigenvalue weighted by atomic mass is 19.1. The first kappa shape index (κ1) is 16.8. The summed E-state index contributed by atoms with van der Waals surface area (Å²) >= 11 is 0. The third-order valence-electron chi connectivity index (χ3n) is 4.19. The van der Waals surface area contributed by atoms with Gasteiger partial charge in [-0.3, -0.25) is 9.36 Å². The number of nitrogens with zero attached hydrogens (tertiary/aromatic N) is 2. The highest BCUT2D eigenvalue weighted by molar-refractivity contribution is 5.80. The number of rotatable bonds is 3. The quantitative estimate of drug-likeness (QED) is 0.524. The molecule has 0 amide bonds. The Balaban J connectivity index is 1.97. The van der Waals surface area contributed by atoms with E-state index in [-0.39, 0.29) is 17.2 Å². The van der Waals surface area contributed by atoms with Gasteiger partial charge in [-0.25, -0.2) is 13.8 Å². The molecule has 3 nitrogen and oxygen atoms in total. The summed E-state index contributed by atoms with van der Waals surface area (Å²) in [5, 5.41) is 0.421. The molecule has 0 saturated carbocycles. The van der Waals surface area contributed by atoms with E-state index in [4.69, 9.17) is 0 Å². The SMILES string of the molecule is O=c1c2ccccc2nc(C=Cc2ccccc2F)n1-c1cccc(F)c1. The van der Waals surface area contributed by atoms with Gasteiger partial charge in [0.15, 0.2) is 0 Å². The Hall–Kier alpha value is -3.60. The minimum atomic E-state index is -0.461. The van der Waals surface area contributed by atoms with E-state index in [0.29, 0.717) is 22.2 Å². The van der Waals surface area contributed by atoms with Crippen molar-refractivity contribution < 1.29 is 8.78 Å². The van der Waals surface area contributed by atoms with Crippen LogP contribution >= 0.6 is 0 Å². The van der Waals surface area contributed by atoms with Crippen molar-refractivity contribution in [2.24, 2.45) is 0 Å². The lowest BCUT2D eigenvalue weighted by atomic mass is 10.2. The van der Waals surface area contributed by atoms with E-state index in [1.807, 2.05) is 0 Å². The second kappa shape index (κ2) is 6.96. The molecular formula is C22H14F2N2O. The van der Waals surface area contributed by atoms with Gasteiger partial charge in [-0.05, 0) is 48.6 Å². The summed E-state index contributed by atoms with van der Waals surface area (Å²) in [4.78, 5) is 17.5. The molecule has 0 N–H and O–H groups in total.